The summed E-state index contributed by atoms with van der Waals surface area (Å²) in [5, 5.41) is 23.7. The van der Waals surface area contributed by atoms with Crippen molar-refractivity contribution in [3.63, 3.8) is 0 Å². The van der Waals surface area contributed by atoms with Crippen LogP contribution in [-0.4, -0.2) is 37.3 Å². The van der Waals surface area contributed by atoms with Crippen molar-refractivity contribution in [1.82, 2.24) is 14.8 Å². The highest BCUT2D eigenvalue weighted by molar-refractivity contribution is 7.99. The lowest BCUT2D eigenvalue weighted by Gasteiger charge is -2.09. The first-order chi connectivity index (χ1) is 13.5. The lowest BCUT2D eigenvalue weighted by molar-refractivity contribution is -0.114. The molecule has 0 unspecified atom stereocenters. The molecule has 28 heavy (non-hydrogen) atoms. The molecule has 0 bridgehead atoms. The molecular formula is C19H18N4O3S2. The van der Waals surface area contributed by atoms with Crippen LogP contribution in [0.5, 0.6) is 5.75 Å². The van der Waals surface area contributed by atoms with Gasteiger partial charge in [0.2, 0.25) is 5.91 Å². The zero-order valence-corrected chi connectivity index (χ0v) is 16.7. The number of aromatic hydroxyl groups is 1. The van der Waals surface area contributed by atoms with Gasteiger partial charge in [-0.3, -0.25) is 14.2 Å². The molecule has 1 saturated carbocycles. The molecule has 7 nitrogen and oxygen atoms in total. The fourth-order valence-corrected chi connectivity index (χ4v) is 4.43. The van der Waals surface area contributed by atoms with E-state index in [1.807, 2.05) is 17.5 Å². The van der Waals surface area contributed by atoms with Crippen LogP contribution in [0.25, 0.3) is 10.7 Å². The molecule has 2 heterocycles. The van der Waals surface area contributed by atoms with Crippen molar-refractivity contribution in [2.24, 2.45) is 0 Å². The number of benzene rings is 1. The number of carbonyl (C=O) groups excluding carboxylic acids is 2. The maximum atomic E-state index is 12.6. The second kappa shape index (κ2) is 7.76. The van der Waals surface area contributed by atoms with E-state index in [1.165, 1.54) is 30.8 Å². The zero-order valence-electron chi connectivity index (χ0n) is 15.1. The first-order valence-corrected chi connectivity index (χ1v) is 10.6. The van der Waals surface area contributed by atoms with Crippen molar-refractivity contribution < 1.29 is 14.7 Å². The molecule has 1 aliphatic carbocycles. The van der Waals surface area contributed by atoms with Gasteiger partial charge >= 0.3 is 0 Å². The van der Waals surface area contributed by atoms with Crippen molar-refractivity contribution in [2.75, 3.05) is 11.1 Å². The van der Waals surface area contributed by atoms with Gasteiger partial charge in [0.1, 0.15) is 5.75 Å². The highest BCUT2D eigenvalue weighted by atomic mass is 32.2. The average Bonchev–Trinajstić information content (AvgIpc) is 3.18. The Labute approximate surface area is 169 Å². The van der Waals surface area contributed by atoms with Crippen LogP contribution < -0.4 is 5.32 Å². The number of nitrogens with zero attached hydrogens (tertiary/aromatic N) is 3. The molecule has 0 spiro atoms. The lowest BCUT2D eigenvalue weighted by atomic mass is 10.1. The second-order valence-electron chi connectivity index (χ2n) is 6.51. The molecule has 1 fully saturated rings. The number of nitrogens with one attached hydrogen (secondary N) is 1. The van der Waals surface area contributed by atoms with Crippen LogP contribution in [0.4, 0.5) is 5.69 Å². The minimum absolute atomic E-state index is 0.0755. The van der Waals surface area contributed by atoms with Crippen molar-refractivity contribution in [1.29, 1.82) is 0 Å². The fourth-order valence-electron chi connectivity index (χ4n) is 2.82. The monoisotopic (exact) mass is 414 g/mol. The average molecular weight is 415 g/mol. The molecule has 144 valence electrons. The SMILES string of the molecule is CC(=O)Nc1cc(C(=O)CSc2nnc(-c3cccs3)n2C2CC2)ccc1O. The first kappa shape index (κ1) is 18.7. The number of hydrogen-bond donors (Lipinski definition) is 2. The molecule has 1 aromatic carbocycles. The van der Waals surface area contributed by atoms with Gasteiger partial charge < -0.3 is 10.4 Å². The van der Waals surface area contributed by atoms with E-state index in [9.17, 15) is 14.7 Å². The highest BCUT2D eigenvalue weighted by Gasteiger charge is 2.30. The van der Waals surface area contributed by atoms with Crippen LogP contribution in [0.1, 0.15) is 36.2 Å². The molecule has 2 N–H and O–H groups in total. The van der Waals surface area contributed by atoms with Gasteiger partial charge in [0.25, 0.3) is 0 Å². The molecule has 9 heteroatoms. The zero-order chi connectivity index (χ0) is 19.7. The number of phenols is 1. The third kappa shape index (κ3) is 3.95. The second-order valence-corrected chi connectivity index (χ2v) is 8.40. The van der Waals surface area contributed by atoms with E-state index in [0.717, 1.165) is 28.7 Å². The smallest absolute Gasteiger partial charge is 0.221 e. The highest BCUT2D eigenvalue weighted by Crippen LogP contribution is 2.41. The van der Waals surface area contributed by atoms with Crippen LogP contribution in [0, 0.1) is 0 Å². The predicted molar refractivity (Wildman–Crippen MR) is 109 cm³/mol. The number of aromatic nitrogens is 3. The van der Waals surface area contributed by atoms with Gasteiger partial charge in [-0.1, -0.05) is 17.8 Å². The Bertz CT molecular complexity index is 1030. The first-order valence-electron chi connectivity index (χ1n) is 8.78. The summed E-state index contributed by atoms with van der Waals surface area (Å²) >= 11 is 2.97. The number of hydrogen-bond acceptors (Lipinski definition) is 7. The summed E-state index contributed by atoms with van der Waals surface area (Å²) in [6, 6.07) is 8.84. The van der Waals surface area contributed by atoms with E-state index < -0.39 is 0 Å². The van der Waals surface area contributed by atoms with Gasteiger partial charge in [-0.05, 0) is 42.5 Å². The summed E-state index contributed by atoms with van der Waals surface area (Å²) in [5.41, 5.74) is 0.648. The van der Waals surface area contributed by atoms with Crippen LogP contribution in [0.15, 0.2) is 40.9 Å². The Kier molecular flexibility index (Phi) is 5.19. The summed E-state index contributed by atoms with van der Waals surface area (Å²) in [7, 11) is 0. The minimum Gasteiger partial charge on any atom is -0.506 e. The molecule has 0 saturated heterocycles. The number of ketones is 1. The third-order valence-electron chi connectivity index (χ3n) is 4.28. The number of amides is 1. The largest absolute Gasteiger partial charge is 0.506 e. The van der Waals surface area contributed by atoms with Crippen LogP contribution in [-0.2, 0) is 4.79 Å². The minimum atomic E-state index is -0.312. The van der Waals surface area contributed by atoms with Gasteiger partial charge in [-0.25, -0.2) is 0 Å². The van der Waals surface area contributed by atoms with Crippen LogP contribution in [0.2, 0.25) is 0 Å². The van der Waals surface area contributed by atoms with Gasteiger partial charge in [0.15, 0.2) is 16.8 Å². The molecule has 4 rings (SSSR count). The molecule has 1 amide bonds. The summed E-state index contributed by atoms with van der Waals surface area (Å²) in [6.45, 7) is 1.35. The van der Waals surface area contributed by atoms with Gasteiger partial charge in [-0.15, -0.1) is 21.5 Å². The quantitative estimate of drug-likeness (QED) is 0.345. The predicted octanol–water partition coefficient (Wildman–Crippen LogP) is 3.98. The Morgan fingerprint density at radius 3 is 2.82 bits per heavy atom. The van der Waals surface area contributed by atoms with Crippen molar-refractivity contribution in [2.45, 2.75) is 31.0 Å². The molecule has 3 aromatic rings. The van der Waals surface area contributed by atoms with E-state index in [2.05, 4.69) is 20.1 Å². The molecule has 0 aliphatic heterocycles. The summed E-state index contributed by atoms with van der Waals surface area (Å²) in [5.74, 6) is 0.547. The Morgan fingerprint density at radius 1 is 1.32 bits per heavy atom. The number of phenolic OH excluding ortho intramolecular Hbond substituents is 1. The number of anilines is 1. The number of thioether (sulfide) groups is 1. The number of carbonyl (C=O) groups is 2. The molecule has 0 radical (unpaired) electrons. The summed E-state index contributed by atoms with van der Waals surface area (Å²) in [6.07, 6.45) is 2.19. The van der Waals surface area contributed by atoms with E-state index in [4.69, 9.17) is 0 Å². The molecule has 2 aromatic heterocycles. The van der Waals surface area contributed by atoms with Crippen LogP contribution >= 0.6 is 23.1 Å². The number of thiophene rings is 1. The van der Waals surface area contributed by atoms with Crippen LogP contribution in [0.3, 0.4) is 0 Å². The number of rotatable bonds is 7. The normalized spacial score (nSPS) is 13.5. The topological polar surface area (TPSA) is 97.1 Å². The van der Waals surface area contributed by atoms with Crippen molar-refractivity contribution in [3.05, 3.63) is 41.3 Å². The number of Topliss-reactive ketones (excluding diaryl/α,β-unsaturated/α-hetero) is 1. The van der Waals surface area contributed by atoms with E-state index in [1.54, 1.807) is 17.4 Å². The van der Waals surface area contributed by atoms with Crippen molar-refractivity contribution in [3.8, 4) is 16.5 Å². The standard InChI is InChI=1S/C19H18N4O3S2/c1-11(24)20-14-9-12(4-7-15(14)25)16(26)10-28-19-22-21-18(17-3-2-8-27-17)23(19)13-5-6-13/h2-4,7-9,13,25H,5-6,10H2,1H3,(H,20,24). The van der Waals surface area contributed by atoms with Gasteiger partial charge in [0.05, 0.1) is 16.3 Å². The van der Waals surface area contributed by atoms with E-state index >= 15 is 0 Å². The maximum absolute atomic E-state index is 12.6. The Balaban J connectivity index is 1.51. The maximum Gasteiger partial charge on any atom is 0.221 e. The summed E-state index contributed by atoms with van der Waals surface area (Å²) in [4.78, 5) is 24.9. The molecule has 0 atom stereocenters. The van der Waals surface area contributed by atoms with Gasteiger partial charge in [0, 0.05) is 18.5 Å². The Hall–Kier alpha value is -2.65. The van der Waals surface area contributed by atoms with E-state index in [0.29, 0.717) is 11.6 Å². The summed E-state index contributed by atoms with van der Waals surface area (Å²) < 4.78 is 2.13. The van der Waals surface area contributed by atoms with E-state index in [-0.39, 0.29) is 28.9 Å². The van der Waals surface area contributed by atoms with Gasteiger partial charge in [-0.2, -0.15) is 0 Å². The Morgan fingerprint density at radius 2 is 2.14 bits per heavy atom. The fraction of sp³-hybridized carbons (Fsp3) is 0.263. The van der Waals surface area contributed by atoms with Crippen molar-refractivity contribution >= 4 is 40.5 Å². The lowest BCUT2D eigenvalue weighted by Crippen LogP contribution is -2.09. The molecule has 1 aliphatic rings. The molecular weight excluding hydrogens is 396 g/mol. The third-order valence-corrected chi connectivity index (χ3v) is 6.09.